The topological polar surface area (TPSA) is 160 Å². The summed E-state index contributed by atoms with van der Waals surface area (Å²) < 4.78 is 39.1. The van der Waals surface area contributed by atoms with Crippen LogP contribution in [0.5, 0.6) is 0 Å². The molecule has 2 amide bonds. The number of H-pyrrole nitrogens is 1. The number of amides is 2. The molecule has 1 aliphatic heterocycles. The number of nitrogens with zero attached hydrogens (tertiary/aromatic N) is 4. The maximum Gasteiger partial charge on any atom is 0.270 e. The van der Waals surface area contributed by atoms with Gasteiger partial charge in [-0.15, -0.1) is 0 Å². The van der Waals surface area contributed by atoms with Crippen molar-refractivity contribution in [1.29, 1.82) is 0 Å². The lowest BCUT2D eigenvalue weighted by molar-refractivity contribution is 0.0935. The standard InChI is InChI=1S/C25H22FN7O4S/c1-13-7-15(3-6-18(13)26)10-27-24(34)19-9-20(29-12-28-19)25(35)31-21-11-38(36,37)22-8-16(4-5-17(21)22)23-30-14(2)32-33-23/h3-9,12,21H,10-11H2,1-2H3,(H,27,34)(H,31,35)(H,30,32,33)/t21-/m0/s1. The Labute approximate surface area is 216 Å². The molecule has 11 nitrogen and oxygen atoms in total. The lowest BCUT2D eigenvalue weighted by Gasteiger charge is -2.13. The SMILES string of the molecule is Cc1nc(-c2ccc3c(c2)S(=O)(=O)C[C@@H]3NC(=O)c2cc(C(=O)NCc3ccc(F)c(C)c3)ncn2)n[nH]1. The lowest BCUT2D eigenvalue weighted by atomic mass is 10.1. The lowest BCUT2D eigenvalue weighted by Crippen LogP contribution is -2.31. The van der Waals surface area contributed by atoms with E-state index < -0.39 is 27.7 Å². The first-order chi connectivity index (χ1) is 18.1. The molecule has 0 bridgehead atoms. The summed E-state index contributed by atoms with van der Waals surface area (Å²) in [5.74, 6) is -0.898. The maximum absolute atomic E-state index is 13.5. The predicted molar refractivity (Wildman–Crippen MR) is 133 cm³/mol. The highest BCUT2D eigenvalue weighted by molar-refractivity contribution is 7.91. The normalized spacial score (nSPS) is 15.6. The zero-order chi connectivity index (χ0) is 27.0. The number of hydrogen-bond donors (Lipinski definition) is 3. The smallest absolute Gasteiger partial charge is 0.270 e. The molecule has 5 rings (SSSR count). The van der Waals surface area contributed by atoms with Gasteiger partial charge in [-0.25, -0.2) is 27.8 Å². The molecule has 0 radical (unpaired) electrons. The van der Waals surface area contributed by atoms with Crippen LogP contribution in [0, 0.1) is 19.7 Å². The van der Waals surface area contributed by atoms with Crippen LogP contribution in [-0.4, -0.2) is 51.1 Å². The fraction of sp³-hybridized carbons (Fsp3) is 0.200. The molecule has 2 aromatic carbocycles. The summed E-state index contributed by atoms with van der Waals surface area (Å²) >= 11 is 0. The average Bonchev–Trinajstić information content (AvgIpc) is 3.44. The van der Waals surface area contributed by atoms with Crippen molar-refractivity contribution in [2.75, 3.05) is 5.75 Å². The highest BCUT2D eigenvalue weighted by Gasteiger charge is 2.36. The Morgan fingerprint density at radius 1 is 1.05 bits per heavy atom. The molecule has 0 spiro atoms. The van der Waals surface area contributed by atoms with Gasteiger partial charge in [0.25, 0.3) is 11.8 Å². The first-order valence-corrected chi connectivity index (χ1v) is 13.2. The third-order valence-electron chi connectivity index (χ3n) is 6.08. The van der Waals surface area contributed by atoms with Gasteiger partial charge < -0.3 is 10.6 Å². The van der Waals surface area contributed by atoms with E-state index >= 15 is 0 Å². The Bertz CT molecular complexity index is 1690. The summed E-state index contributed by atoms with van der Waals surface area (Å²) in [6.07, 6.45) is 1.08. The predicted octanol–water partition coefficient (Wildman–Crippen LogP) is 2.21. The first-order valence-electron chi connectivity index (χ1n) is 11.5. The van der Waals surface area contributed by atoms with Crippen molar-refractivity contribution in [2.45, 2.75) is 31.3 Å². The summed E-state index contributed by atoms with van der Waals surface area (Å²) in [4.78, 5) is 37.7. The van der Waals surface area contributed by atoms with Gasteiger partial charge >= 0.3 is 0 Å². The molecule has 3 N–H and O–H groups in total. The van der Waals surface area contributed by atoms with Crippen molar-refractivity contribution >= 4 is 21.7 Å². The molecule has 38 heavy (non-hydrogen) atoms. The Morgan fingerprint density at radius 3 is 2.53 bits per heavy atom. The number of aromatic amines is 1. The van der Waals surface area contributed by atoms with E-state index in [2.05, 4.69) is 35.8 Å². The average molecular weight is 536 g/mol. The number of carbonyl (C=O) groups is 2. The van der Waals surface area contributed by atoms with Crippen LogP contribution < -0.4 is 10.6 Å². The number of fused-ring (bicyclic) bond motifs is 1. The molecule has 1 aliphatic rings. The second-order valence-electron chi connectivity index (χ2n) is 8.86. The summed E-state index contributed by atoms with van der Waals surface area (Å²) in [7, 11) is -3.67. The Morgan fingerprint density at radius 2 is 1.82 bits per heavy atom. The number of hydrogen-bond acceptors (Lipinski definition) is 8. The molecule has 1 atom stereocenters. The summed E-state index contributed by atoms with van der Waals surface area (Å²) in [6.45, 7) is 3.50. The number of sulfone groups is 1. The van der Waals surface area contributed by atoms with Crippen LogP contribution in [0.3, 0.4) is 0 Å². The van der Waals surface area contributed by atoms with Crippen molar-refractivity contribution in [1.82, 2.24) is 35.8 Å². The number of rotatable bonds is 6. The van der Waals surface area contributed by atoms with Crippen molar-refractivity contribution < 1.29 is 22.4 Å². The second-order valence-corrected chi connectivity index (χ2v) is 10.9. The molecule has 4 aromatic rings. The van der Waals surface area contributed by atoms with Gasteiger partial charge in [0.2, 0.25) is 0 Å². The van der Waals surface area contributed by atoms with Crippen LogP contribution in [0.15, 0.2) is 53.7 Å². The number of nitrogens with one attached hydrogen (secondary N) is 3. The van der Waals surface area contributed by atoms with Gasteiger partial charge in [-0.2, -0.15) is 5.10 Å². The second kappa shape index (κ2) is 9.74. The van der Waals surface area contributed by atoms with E-state index in [4.69, 9.17) is 0 Å². The maximum atomic E-state index is 13.5. The molecule has 0 unspecified atom stereocenters. The quantitative estimate of drug-likeness (QED) is 0.339. The Kier molecular flexibility index (Phi) is 6.45. The van der Waals surface area contributed by atoms with Crippen LogP contribution >= 0.6 is 0 Å². The number of halogens is 1. The molecule has 0 fully saturated rings. The zero-order valence-corrected chi connectivity index (χ0v) is 21.1. The van der Waals surface area contributed by atoms with Crippen molar-refractivity contribution in [2.24, 2.45) is 0 Å². The van der Waals surface area contributed by atoms with E-state index in [0.29, 0.717) is 33.9 Å². The van der Waals surface area contributed by atoms with E-state index in [-0.39, 0.29) is 34.4 Å². The van der Waals surface area contributed by atoms with Crippen molar-refractivity contribution in [3.63, 3.8) is 0 Å². The van der Waals surface area contributed by atoms with E-state index in [1.54, 1.807) is 38.1 Å². The van der Waals surface area contributed by atoms with Crippen LogP contribution in [0.25, 0.3) is 11.4 Å². The number of aromatic nitrogens is 5. The van der Waals surface area contributed by atoms with Crippen LogP contribution in [0.4, 0.5) is 4.39 Å². The number of benzene rings is 2. The minimum absolute atomic E-state index is 0.0464. The minimum atomic E-state index is -3.67. The highest BCUT2D eigenvalue weighted by Crippen LogP contribution is 2.36. The molecular formula is C25H22FN7O4S. The van der Waals surface area contributed by atoms with Gasteiger partial charge in [0.05, 0.1) is 16.7 Å². The Balaban J connectivity index is 1.30. The van der Waals surface area contributed by atoms with Crippen LogP contribution in [0.2, 0.25) is 0 Å². The highest BCUT2D eigenvalue weighted by atomic mass is 32.2. The third-order valence-corrected chi connectivity index (χ3v) is 7.87. The largest absolute Gasteiger partial charge is 0.347 e. The third kappa shape index (κ3) is 5.00. The van der Waals surface area contributed by atoms with Gasteiger partial charge in [0, 0.05) is 18.2 Å². The van der Waals surface area contributed by atoms with Gasteiger partial charge in [-0.1, -0.05) is 24.3 Å². The molecule has 0 saturated heterocycles. The molecule has 3 heterocycles. The van der Waals surface area contributed by atoms with Gasteiger partial charge in [0.15, 0.2) is 15.7 Å². The van der Waals surface area contributed by atoms with Gasteiger partial charge in [-0.3, -0.25) is 14.7 Å². The van der Waals surface area contributed by atoms with Gasteiger partial charge in [0.1, 0.15) is 29.4 Å². The number of aryl methyl sites for hydroxylation is 2. The summed E-state index contributed by atoms with van der Waals surface area (Å²) in [5, 5.41) is 12.1. The van der Waals surface area contributed by atoms with E-state index in [1.807, 2.05) is 0 Å². The minimum Gasteiger partial charge on any atom is -0.347 e. The fourth-order valence-electron chi connectivity index (χ4n) is 4.15. The Hall–Kier alpha value is -4.52. The molecule has 0 saturated carbocycles. The van der Waals surface area contributed by atoms with E-state index in [1.165, 1.54) is 18.2 Å². The molecule has 194 valence electrons. The fourth-order valence-corrected chi connectivity index (χ4v) is 5.91. The zero-order valence-electron chi connectivity index (χ0n) is 20.3. The van der Waals surface area contributed by atoms with Gasteiger partial charge in [-0.05, 0) is 42.7 Å². The number of carbonyl (C=O) groups excluding carboxylic acids is 2. The van der Waals surface area contributed by atoms with Crippen molar-refractivity contribution in [3.8, 4) is 11.4 Å². The van der Waals surface area contributed by atoms with Crippen LogP contribution in [-0.2, 0) is 16.4 Å². The molecule has 2 aromatic heterocycles. The molecule has 0 aliphatic carbocycles. The van der Waals surface area contributed by atoms with Crippen molar-refractivity contribution in [3.05, 3.63) is 88.5 Å². The monoisotopic (exact) mass is 535 g/mol. The van der Waals surface area contributed by atoms with E-state index in [9.17, 15) is 22.4 Å². The first kappa shape index (κ1) is 25.1. The molecule has 13 heteroatoms. The van der Waals surface area contributed by atoms with Crippen LogP contribution in [0.1, 0.15) is 49.5 Å². The summed E-state index contributed by atoms with van der Waals surface area (Å²) in [5.41, 5.74) is 1.99. The van der Waals surface area contributed by atoms with E-state index in [0.717, 1.165) is 6.33 Å². The summed E-state index contributed by atoms with van der Waals surface area (Å²) in [6, 6.07) is 9.73. The molecular weight excluding hydrogens is 513 g/mol.